The number of nitrogens with one attached hydrogen (secondary N) is 1. The molecule has 0 spiro atoms. The summed E-state index contributed by atoms with van der Waals surface area (Å²) in [6.07, 6.45) is 3.64. The topological polar surface area (TPSA) is 153 Å². The highest BCUT2D eigenvalue weighted by Gasteiger charge is 2.25. The van der Waals surface area contributed by atoms with Gasteiger partial charge in [-0.15, -0.1) is 0 Å². The Kier molecular flexibility index (Phi) is 11.1. The van der Waals surface area contributed by atoms with E-state index in [2.05, 4.69) is 25.4 Å². The van der Waals surface area contributed by atoms with Crippen molar-refractivity contribution in [3.8, 4) is 5.75 Å². The average molecular weight is 452 g/mol. The minimum absolute atomic E-state index is 0.228. The summed E-state index contributed by atoms with van der Waals surface area (Å²) in [5, 5.41) is 11.8. The minimum Gasteiger partial charge on any atom is -0.425 e. The van der Waals surface area contributed by atoms with Gasteiger partial charge in [0.05, 0.1) is 0 Å². The van der Waals surface area contributed by atoms with Crippen molar-refractivity contribution in [3.63, 3.8) is 0 Å². The number of esters is 1. The van der Waals surface area contributed by atoms with Gasteiger partial charge in [-0.2, -0.15) is 0 Å². The van der Waals surface area contributed by atoms with E-state index < -0.39 is 12.0 Å². The largest absolute Gasteiger partial charge is 0.425 e. The van der Waals surface area contributed by atoms with E-state index in [1.807, 2.05) is 30.3 Å². The molecular weight excluding hydrogens is 422 g/mol. The molecule has 0 aliphatic carbocycles. The predicted molar refractivity (Wildman–Crippen MR) is 126 cm³/mol. The second-order valence-corrected chi connectivity index (χ2v) is 7.79. The van der Waals surface area contributed by atoms with Gasteiger partial charge in [-0.1, -0.05) is 60.3 Å². The lowest BCUT2D eigenvalue weighted by Gasteiger charge is -2.20. The zero-order chi connectivity index (χ0) is 23.9. The molecule has 33 heavy (non-hydrogen) atoms. The third kappa shape index (κ3) is 9.11. The number of carbonyl (C=O) groups excluding carboxylic acids is 2. The zero-order valence-corrected chi connectivity index (χ0v) is 18.8. The molecule has 2 rings (SSSR count). The quantitative estimate of drug-likeness (QED) is 0.0960. The van der Waals surface area contributed by atoms with Crippen molar-refractivity contribution in [2.24, 2.45) is 16.1 Å². The fraction of sp³-hybridized carbons (Fsp3) is 0.478. The first-order chi connectivity index (χ1) is 16.0. The Morgan fingerprint density at radius 2 is 1.58 bits per heavy atom. The van der Waals surface area contributed by atoms with Gasteiger partial charge < -0.3 is 10.1 Å². The van der Waals surface area contributed by atoms with Gasteiger partial charge in [0.25, 0.3) is 0 Å². The molecule has 10 nitrogen and oxygen atoms in total. The average Bonchev–Trinajstić information content (AvgIpc) is 2.82. The van der Waals surface area contributed by atoms with Gasteiger partial charge in [0.15, 0.2) is 0 Å². The Balaban J connectivity index is 1.99. The van der Waals surface area contributed by atoms with Gasteiger partial charge in [-0.25, -0.2) is 4.79 Å². The highest BCUT2D eigenvalue weighted by Crippen LogP contribution is 2.21. The number of nitrogens with zero attached hydrogens (tertiary/aromatic N) is 6. The second kappa shape index (κ2) is 14.3. The van der Waals surface area contributed by atoms with Crippen molar-refractivity contribution < 1.29 is 14.3 Å². The van der Waals surface area contributed by atoms with Crippen LogP contribution in [-0.2, 0) is 9.59 Å². The van der Waals surface area contributed by atoms with Crippen LogP contribution in [0.5, 0.6) is 5.75 Å². The van der Waals surface area contributed by atoms with E-state index in [0.717, 1.165) is 17.2 Å². The summed E-state index contributed by atoms with van der Waals surface area (Å²) in [5.41, 5.74) is 16.7. The summed E-state index contributed by atoms with van der Waals surface area (Å²) >= 11 is 0. The van der Waals surface area contributed by atoms with Crippen LogP contribution in [0.2, 0.25) is 0 Å². The van der Waals surface area contributed by atoms with Crippen LogP contribution in [0.4, 0.5) is 0 Å². The van der Waals surface area contributed by atoms with Crippen LogP contribution in [0.1, 0.15) is 45.4 Å². The van der Waals surface area contributed by atoms with E-state index in [4.69, 9.17) is 15.8 Å². The lowest BCUT2D eigenvalue weighted by atomic mass is 10.0. The van der Waals surface area contributed by atoms with Crippen molar-refractivity contribution in [1.29, 1.82) is 0 Å². The first kappa shape index (κ1) is 25.5. The smallest absolute Gasteiger partial charge is 0.334 e. The molecule has 0 aliphatic rings. The molecule has 10 heteroatoms. The Morgan fingerprint density at radius 1 is 0.939 bits per heavy atom. The van der Waals surface area contributed by atoms with Crippen LogP contribution < -0.4 is 10.1 Å². The monoisotopic (exact) mass is 451 g/mol. The van der Waals surface area contributed by atoms with E-state index in [9.17, 15) is 9.59 Å². The van der Waals surface area contributed by atoms with Crippen molar-refractivity contribution in [2.45, 2.75) is 51.5 Å². The van der Waals surface area contributed by atoms with E-state index in [0.29, 0.717) is 50.9 Å². The maximum absolute atomic E-state index is 12.9. The molecule has 2 aromatic carbocycles. The number of azide groups is 2. The van der Waals surface area contributed by atoms with Crippen LogP contribution in [0, 0.1) is 5.92 Å². The zero-order valence-electron chi connectivity index (χ0n) is 18.8. The molecule has 0 aliphatic heterocycles. The van der Waals surface area contributed by atoms with Crippen molar-refractivity contribution in [1.82, 2.24) is 5.32 Å². The Morgan fingerprint density at radius 3 is 2.24 bits per heavy atom. The van der Waals surface area contributed by atoms with Gasteiger partial charge in [0.1, 0.15) is 11.8 Å². The molecule has 0 fully saturated rings. The van der Waals surface area contributed by atoms with Crippen LogP contribution in [0.15, 0.2) is 52.7 Å². The highest BCUT2D eigenvalue weighted by atomic mass is 16.5. The molecule has 2 aromatic rings. The lowest BCUT2D eigenvalue weighted by molar-refractivity contribution is -0.140. The summed E-state index contributed by atoms with van der Waals surface area (Å²) in [7, 11) is 0. The van der Waals surface area contributed by atoms with Gasteiger partial charge in [0, 0.05) is 28.8 Å². The maximum atomic E-state index is 12.9. The Labute approximate surface area is 192 Å². The fourth-order valence-corrected chi connectivity index (χ4v) is 3.37. The van der Waals surface area contributed by atoms with Crippen molar-refractivity contribution in [3.05, 3.63) is 63.4 Å². The maximum Gasteiger partial charge on any atom is 0.334 e. The number of hydrogen-bond donors (Lipinski definition) is 1. The second-order valence-electron chi connectivity index (χ2n) is 7.79. The SMILES string of the molecule is C[C@@H](CCCCN=[N+]=[N-])C(=O)N[C@@H](CCCCN=[N+]=[N-])C(=O)Oc1ccc2ccccc2c1. The van der Waals surface area contributed by atoms with Crippen molar-refractivity contribution in [2.75, 3.05) is 13.1 Å². The molecule has 174 valence electrons. The van der Waals surface area contributed by atoms with E-state index in [-0.39, 0.29) is 11.8 Å². The number of hydrogen-bond acceptors (Lipinski definition) is 5. The third-order valence-corrected chi connectivity index (χ3v) is 5.26. The van der Waals surface area contributed by atoms with Gasteiger partial charge >= 0.3 is 5.97 Å². The summed E-state index contributed by atoms with van der Waals surface area (Å²) < 4.78 is 5.59. The van der Waals surface area contributed by atoms with E-state index in [1.165, 1.54) is 0 Å². The standard InChI is InChI=1S/C23H29N7O3/c1-17(8-4-6-14-26-29-24)22(31)28-21(11-5-7-15-27-30-25)23(32)33-20-13-12-18-9-2-3-10-19(18)16-20/h2-3,9-10,12-13,16-17,21H,4-8,11,14-15H2,1H3,(H,28,31)/t17-,21-/m0/s1. The van der Waals surface area contributed by atoms with E-state index in [1.54, 1.807) is 19.1 Å². The molecule has 0 heterocycles. The van der Waals surface area contributed by atoms with Crippen LogP contribution in [0.3, 0.4) is 0 Å². The number of fused-ring (bicyclic) bond motifs is 1. The number of rotatable bonds is 14. The fourth-order valence-electron chi connectivity index (χ4n) is 3.37. The molecule has 2 atom stereocenters. The van der Waals surface area contributed by atoms with Gasteiger partial charge in [0.2, 0.25) is 5.91 Å². The van der Waals surface area contributed by atoms with E-state index >= 15 is 0 Å². The molecule has 0 aromatic heterocycles. The highest BCUT2D eigenvalue weighted by molar-refractivity contribution is 5.88. The summed E-state index contributed by atoms with van der Waals surface area (Å²) in [5.74, 6) is -0.638. The normalized spacial score (nSPS) is 12.2. The lowest BCUT2D eigenvalue weighted by Crippen LogP contribution is -2.45. The van der Waals surface area contributed by atoms with Crippen LogP contribution >= 0.6 is 0 Å². The first-order valence-corrected chi connectivity index (χ1v) is 11.1. The molecule has 0 saturated heterocycles. The first-order valence-electron chi connectivity index (χ1n) is 11.1. The van der Waals surface area contributed by atoms with Crippen molar-refractivity contribution >= 4 is 22.6 Å². The molecule has 1 amide bonds. The number of unbranched alkanes of at least 4 members (excludes halogenated alkanes) is 2. The molecule has 0 unspecified atom stereocenters. The predicted octanol–water partition coefficient (Wildman–Crippen LogP) is 5.83. The van der Waals surface area contributed by atoms with Gasteiger partial charge in [-0.3, -0.25) is 4.79 Å². The van der Waals surface area contributed by atoms with Gasteiger partial charge in [-0.05, 0) is 59.7 Å². The number of carbonyl (C=O) groups is 2. The minimum atomic E-state index is -0.805. The summed E-state index contributed by atoms with van der Waals surface area (Å²) in [4.78, 5) is 31.0. The molecular formula is C23H29N7O3. The third-order valence-electron chi connectivity index (χ3n) is 5.26. The van der Waals surface area contributed by atoms with Crippen LogP contribution in [-0.4, -0.2) is 31.0 Å². The Bertz CT molecular complexity index is 1030. The van der Waals surface area contributed by atoms with Crippen LogP contribution in [0.25, 0.3) is 31.7 Å². The number of amides is 1. The molecule has 1 N–H and O–H groups in total. The number of ether oxygens (including phenoxy) is 1. The molecule has 0 radical (unpaired) electrons. The Hall–Kier alpha value is -3.74. The summed E-state index contributed by atoms with van der Waals surface area (Å²) in [6, 6.07) is 12.4. The molecule has 0 bridgehead atoms. The molecule has 0 saturated carbocycles. The summed E-state index contributed by atoms with van der Waals surface area (Å²) in [6.45, 7) is 2.53. The number of benzene rings is 2.